The molecule has 164 valence electrons. The Morgan fingerprint density at radius 3 is 2.68 bits per heavy atom. The molecule has 1 N–H and O–H groups in total. The molecule has 1 aliphatic carbocycles. The number of methoxy groups -OCH3 is 2. The van der Waals surface area contributed by atoms with Crippen LogP contribution in [-0.4, -0.2) is 33.3 Å². The quantitative estimate of drug-likeness (QED) is 0.518. The molecular formula is C25H29NO5. The standard InChI is InChI=1S/C25H29NO5/c1-16(17-7-8-22(24(12-17)29-3)30-10-9-28-2)26-25(27)14-20-15-31-23-13-19-6-4-5-18(19)11-21(20)23/h7-8,11-13,15-16H,4-6,9-10,14H2,1-3H3,(H,26,27). The minimum Gasteiger partial charge on any atom is -0.493 e. The first-order valence-corrected chi connectivity index (χ1v) is 10.7. The van der Waals surface area contributed by atoms with Gasteiger partial charge in [-0.1, -0.05) is 6.07 Å². The van der Waals surface area contributed by atoms with E-state index in [9.17, 15) is 4.79 Å². The summed E-state index contributed by atoms with van der Waals surface area (Å²) < 4.78 is 21.9. The van der Waals surface area contributed by atoms with Crippen molar-refractivity contribution in [2.45, 2.75) is 38.6 Å². The molecule has 6 heteroatoms. The largest absolute Gasteiger partial charge is 0.493 e. The highest BCUT2D eigenvalue weighted by Gasteiger charge is 2.18. The van der Waals surface area contributed by atoms with Crippen molar-refractivity contribution in [3.63, 3.8) is 0 Å². The lowest BCUT2D eigenvalue weighted by Gasteiger charge is -2.17. The molecule has 1 unspecified atom stereocenters. The van der Waals surface area contributed by atoms with E-state index >= 15 is 0 Å². The van der Waals surface area contributed by atoms with Crippen LogP contribution in [0.25, 0.3) is 11.0 Å². The van der Waals surface area contributed by atoms with Gasteiger partial charge in [0.05, 0.1) is 32.4 Å². The number of aryl methyl sites for hydroxylation is 2. The monoisotopic (exact) mass is 423 g/mol. The summed E-state index contributed by atoms with van der Waals surface area (Å²) in [6, 6.07) is 9.84. The van der Waals surface area contributed by atoms with Gasteiger partial charge in [-0.3, -0.25) is 4.79 Å². The predicted molar refractivity (Wildman–Crippen MR) is 119 cm³/mol. The van der Waals surface area contributed by atoms with Gasteiger partial charge in [0.1, 0.15) is 12.2 Å². The maximum Gasteiger partial charge on any atom is 0.225 e. The third-order valence-corrected chi connectivity index (χ3v) is 5.83. The summed E-state index contributed by atoms with van der Waals surface area (Å²) in [5.41, 5.74) is 5.48. The smallest absolute Gasteiger partial charge is 0.225 e. The zero-order chi connectivity index (χ0) is 21.8. The van der Waals surface area contributed by atoms with Crippen LogP contribution in [0.15, 0.2) is 41.0 Å². The van der Waals surface area contributed by atoms with Crippen molar-refractivity contribution in [2.24, 2.45) is 0 Å². The van der Waals surface area contributed by atoms with E-state index < -0.39 is 0 Å². The molecule has 0 spiro atoms. The zero-order valence-electron chi connectivity index (χ0n) is 18.3. The van der Waals surface area contributed by atoms with Crippen molar-refractivity contribution in [3.05, 3.63) is 58.8 Å². The number of benzene rings is 2. The highest BCUT2D eigenvalue weighted by atomic mass is 16.5. The zero-order valence-corrected chi connectivity index (χ0v) is 18.3. The summed E-state index contributed by atoms with van der Waals surface area (Å²) in [4.78, 5) is 12.7. The molecule has 31 heavy (non-hydrogen) atoms. The molecule has 1 atom stereocenters. The van der Waals surface area contributed by atoms with Crippen molar-refractivity contribution >= 4 is 16.9 Å². The van der Waals surface area contributed by atoms with Gasteiger partial charge in [-0.05, 0) is 67.1 Å². The molecule has 3 aromatic rings. The lowest BCUT2D eigenvalue weighted by Crippen LogP contribution is -2.28. The van der Waals surface area contributed by atoms with Gasteiger partial charge in [0.25, 0.3) is 0 Å². The van der Waals surface area contributed by atoms with E-state index in [1.54, 1.807) is 20.5 Å². The fourth-order valence-corrected chi connectivity index (χ4v) is 4.14. The molecule has 0 radical (unpaired) electrons. The summed E-state index contributed by atoms with van der Waals surface area (Å²) in [5, 5.41) is 4.12. The summed E-state index contributed by atoms with van der Waals surface area (Å²) in [7, 11) is 3.24. The summed E-state index contributed by atoms with van der Waals surface area (Å²) in [5.74, 6) is 1.23. The van der Waals surface area contributed by atoms with Crippen molar-refractivity contribution in [1.82, 2.24) is 5.32 Å². The number of ether oxygens (including phenoxy) is 3. The number of hydrogen-bond acceptors (Lipinski definition) is 5. The topological polar surface area (TPSA) is 69.9 Å². The van der Waals surface area contributed by atoms with Crippen LogP contribution in [0.3, 0.4) is 0 Å². The second kappa shape index (κ2) is 9.43. The summed E-state index contributed by atoms with van der Waals surface area (Å²) in [6.45, 7) is 2.90. The minimum atomic E-state index is -0.170. The molecular weight excluding hydrogens is 394 g/mol. The van der Waals surface area contributed by atoms with Crippen molar-refractivity contribution < 1.29 is 23.4 Å². The maximum atomic E-state index is 12.7. The highest BCUT2D eigenvalue weighted by Crippen LogP contribution is 2.32. The molecule has 0 aliphatic heterocycles. The molecule has 1 aliphatic rings. The van der Waals surface area contributed by atoms with Crippen LogP contribution < -0.4 is 14.8 Å². The first kappa shape index (κ1) is 21.2. The van der Waals surface area contributed by atoms with E-state index in [1.165, 1.54) is 17.5 Å². The number of rotatable bonds is 9. The van der Waals surface area contributed by atoms with Crippen LogP contribution in [0.4, 0.5) is 0 Å². The van der Waals surface area contributed by atoms with Crippen molar-refractivity contribution in [3.8, 4) is 11.5 Å². The van der Waals surface area contributed by atoms with E-state index in [-0.39, 0.29) is 18.4 Å². The Morgan fingerprint density at radius 2 is 1.90 bits per heavy atom. The average molecular weight is 424 g/mol. The van der Waals surface area contributed by atoms with Crippen LogP contribution in [0.1, 0.15) is 41.6 Å². The molecule has 1 heterocycles. The Morgan fingerprint density at radius 1 is 1.10 bits per heavy atom. The third kappa shape index (κ3) is 4.69. The van der Waals surface area contributed by atoms with Crippen molar-refractivity contribution in [1.29, 1.82) is 0 Å². The number of carbonyl (C=O) groups is 1. The summed E-state index contributed by atoms with van der Waals surface area (Å²) >= 11 is 0. The number of fused-ring (bicyclic) bond motifs is 2. The lowest BCUT2D eigenvalue weighted by molar-refractivity contribution is -0.121. The Hall–Kier alpha value is -2.99. The first-order chi connectivity index (χ1) is 15.1. The van der Waals surface area contributed by atoms with Crippen LogP contribution in [0.5, 0.6) is 11.5 Å². The maximum absolute atomic E-state index is 12.7. The van der Waals surface area contributed by atoms with Crippen LogP contribution in [0.2, 0.25) is 0 Å². The average Bonchev–Trinajstić information content (AvgIpc) is 3.38. The molecule has 0 saturated heterocycles. The molecule has 0 bridgehead atoms. The Kier molecular flexibility index (Phi) is 6.47. The van der Waals surface area contributed by atoms with Gasteiger partial charge in [0, 0.05) is 18.1 Å². The van der Waals surface area contributed by atoms with E-state index in [4.69, 9.17) is 18.6 Å². The SMILES string of the molecule is COCCOc1ccc(C(C)NC(=O)Cc2coc3cc4c(cc23)CCC4)cc1OC. The second-order valence-corrected chi connectivity index (χ2v) is 7.95. The first-order valence-electron chi connectivity index (χ1n) is 10.7. The number of amides is 1. The molecule has 0 saturated carbocycles. The number of furan rings is 1. The normalized spacial score (nSPS) is 13.8. The van der Waals surface area contributed by atoms with E-state index in [0.29, 0.717) is 24.7 Å². The molecule has 6 nitrogen and oxygen atoms in total. The third-order valence-electron chi connectivity index (χ3n) is 5.83. The fraction of sp³-hybridized carbons (Fsp3) is 0.400. The molecule has 2 aromatic carbocycles. The summed E-state index contributed by atoms with van der Waals surface area (Å²) in [6.07, 6.45) is 5.39. The molecule has 4 rings (SSSR count). The van der Waals surface area contributed by atoms with Gasteiger partial charge in [-0.2, -0.15) is 0 Å². The van der Waals surface area contributed by atoms with Gasteiger partial charge >= 0.3 is 0 Å². The van der Waals surface area contributed by atoms with Crippen molar-refractivity contribution in [2.75, 3.05) is 27.4 Å². The Balaban J connectivity index is 1.42. The minimum absolute atomic E-state index is 0.0462. The lowest BCUT2D eigenvalue weighted by atomic mass is 10.0. The predicted octanol–water partition coefficient (Wildman–Crippen LogP) is 4.38. The highest BCUT2D eigenvalue weighted by molar-refractivity contribution is 5.88. The van der Waals surface area contributed by atoms with Gasteiger partial charge in [-0.25, -0.2) is 0 Å². The van der Waals surface area contributed by atoms with E-state index in [1.807, 2.05) is 25.1 Å². The fourth-order valence-electron chi connectivity index (χ4n) is 4.14. The second-order valence-electron chi connectivity index (χ2n) is 7.95. The van der Waals surface area contributed by atoms with Gasteiger partial charge in [-0.15, -0.1) is 0 Å². The van der Waals surface area contributed by atoms with Gasteiger partial charge in [0.2, 0.25) is 5.91 Å². The van der Waals surface area contributed by atoms with Gasteiger partial charge < -0.3 is 23.9 Å². The Labute approximate surface area is 182 Å². The number of hydrogen-bond donors (Lipinski definition) is 1. The van der Waals surface area contributed by atoms with Crippen LogP contribution >= 0.6 is 0 Å². The molecule has 0 fully saturated rings. The molecule has 1 amide bonds. The number of nitrogens with one attached hydrogen (secondary N) is 1. The Bertz CT molecular complexity index is 1070. The van der Waals surface area contributed by atoms with E-state index in [0.717, 1.165) is 34.9 Å². The van der Waals surface area contributed by atoms with Crippen LogP contribution in [-0.2, 0) is 28.8 Å². The van der Waals surface area contributed by atoms with E-state index in [2.05, 4.69) is 17.4 Å². The van der Waals surface area contributed by atoms with Gasteiger partial charge in [0.15, 0.2) is 11.5 Å². The van der Waals surface area contributed by atoms with Crippen LogP contribution in [0, 0.1) is 0 Å². The number of carbonyl (C=O) groups excluding carboxylic acids is 1. The molecule has 1 aromatic heterocycles.